The van der Waals surface area contributed by atoms with Crippen molar-refractivity contribution in [1.82, 2.24) is 4.90 Å². The zero-order chi connectivity index (χ0) is 20.8. The predicted octanol–water partition coefficient (Wildman–Crippen LogP) is 4.83. The first kappa shape index (κ1) is 21.1. The van der Waals surface area contributed by atoms with E-state index in [1.807, 2.05) is 36.4 Å². The number of allylic oxidation sites excluding steroid dienone is 2. The standard InChI is InChI=1S/C21H17ClN2O3S2/c22-15-9-10-17(25)16(13-15)23-19(26)11-12-24-20(27)18(29-21(24)28)8-4-7-14-5-2-1-3-6-14/h1-10,13,25H,11-12H2,(H,23,26)/b7-4+,18-8-. The van der Waals surface area contributed by atoms with E-state index in [-0.39, 0.29) is 36.2 Å². The van der Waals surface area contributed by atoms with Crippen LogP contribution in [0.25, 0.3) is 6.08 Å². The second-order valence-corrected chi connectivity index (χ2v) is 8.20. The van der Waals surface area contributed by atoms with Crippen LogP contribution in [0.4, 0.5) is 5.69 Å². The number of benzene rings is 2. The van der Waals surface area contributed by atoms with Gasteiger partial charge < -0.3 is 10.4 Å². The van der Waals surface area contributed by atoms with Gasteiger partial charge in [-0.25, -0.2) is 0 Å². The minimum atomic E-state index is -0.357. The van der Waals surface area contributed by atoms with E-state index in [9.17, 15) is 14.7 Å². The summed E-state index contributed by atoms with van der Waals surface area (Å²) in [6.45, 7) is 0.150. The number of amides is 2. The van der Waals surface area contributed by atoms with E-state index < -0.39 is 0 Å². The summed E-state index contributed by atoms with van der Waals surface area (Å²) in [4.78, 5) is 26.6. The first-order valence-corrected chi connectivity index (χ1v) is 10.3. The molecule has 5 nitrogen and oxygen atoms in total. The van der Waals surface area contributed by atoms with Gasteiger partial charge >= 0.3 is 0 Å². The SMILES string of the molecule is O=C(CCN1C(=O)/C(=C/C=C/c2ccccc2)SC1=S)Nc1cc(Cl)ccc1O. The molecule has 8 heteroatoms. The first-order chi connectivity index (χ1) is 13.9. The lowest BCUT2D eigenvalue weighted by molar-refractivity contribution is -0.122. The predicted molar refractivity (Wildman–Crippen MR) is 122 cm³/mol. The molecule has 0 aliphatic carbocycles. The largest absolute Gasteiger partial charge is 0.506 e. The summed E-state index contributed by atoms with van der Waals surface area (Å²) in [5.74, 6) is -0.665. The van der Waals surface area contributed by atoms with Crippen molar-refractivity contribution in [3.63, 3.8) is 0 Å². The molecule has 2 amide bonds. The molecule has 0 aromatic heterocycles. The maximum absolute atomic E-state index is 12.6. The van der Waals surface area contributed by atoms with Gasteiger partial charge in [0.15, 0.2) is 0 Å². The highest BCUT2D eigenvalue weighted by Gasteiger charge is 2.31. The highest BCUT2D eigenvalue weighted by Crippen LogP contribution is 2.31. The van der Waals surface area contributed by atoms with Crippen LogP contribution in [-0.2, 0) is 9.59 Å². The summed E-state index contributed by atoms with van der Waals surface area (Å²) in [7, 11) is 0. The fraction of sp³-hybridized carbons (Fsp3) is 0.0952. The van der Waals surface area contributed by atoms with Crippen molar-refractivity contribution >= 4 is 63.5 Å². The number of halogens is 1. The van der Waals surface area contributed by atoms with Crippen LogP contribution in [-0.4, -0.2) is 32.7 Å². The van der Waals surface area contributed by atoms with Gasteiger partial charge in [-0.05, 0) is 29.8 Å². The lowest BCUT2D eigenvalue weighted by Gasteiger charge is -2.14. The Morgan fingerprint density at radius 2 is 2.00 bits per heavy atom. The average molecular weight is 445 g/mol. The Labute approximate surface area is 183 Å². The maximum Gasteiger partial charge on any atom is 0.266 e. The van der Waals surface area contributed by atoms with E-state index in [0.717, 1.165) is 5.56 Å². The number of phenolic OH excluding ortho intramolecular Hbond substituents is 1. The number of hydrogen-bond donors (Lipinski definition) is 2. The number of nitrogens with zero attached hydrogens (tertiary/aromatic N) is 1. The van der Waals surface area contributed by atoms with Gasteiger partial charge in [0.2, 0.25) is 5.91 Å². The van der Waals surface area contributed by atoms with Crippen LogP contribution >= 0.6 is 35.6 Å². The molecule has 0 radical (unpaired) electrons. The summed E-state index contributed by atoms with van der Waals surface area (Å²) in [6, 6.07) is 14.1. The van der Waals surface area contributed by atoms with E-state index in [1.165, 1.54) is 34.9 Å². The summed E-state index contributed by atoms with van der Waals surface area (Å²) in [5, 5.41) is 12.7. The first-order valence-electron chi connectivity index (χ1n) is 8.69. The van der Waals surface area contributed by atoms with Crippen LogP contribution in [0.3, 0.4) is 0 Å². The third kappa shape index (κ3) is 5.69. The normalized spacial score (nSPS) is 15.5. The van der Waals surface area contributed by atoms with Gasteiger partial charge in [0.05, 0.1) is 10.6 Å². The fourth-order valence-electron chi connectivity index (χ4n) is 2.55. The Morgan fingerprint density at radius 1 is 1.24 bits per heavy atom. The lowest BCUT2D eigenvalue weighted by atomic mass is 10.2. The number of phenols is 1. The summed E-state index contributed by atoms with van der Waals surface area (Å²) in [5.41, 5.74) is 1.25. The molecule has 1 saturated heterocycles. The van der Waals surface area contributed by atoms with Crippen molar-refractivity contribution in [2.75, 3.05) is 11.9 Å². The molecule has 1 aliphatic heterocycles. The number of nitrogens with one attached hydrogen (secondary N) is 1. The Balaban J connectivity index is 1.57. The van der Waals surface area contributed by atoms with Gasteiger partial charge in [0, 0.05) is 18.0 Å². The van der Waals surface area contributed by atoms with E-state index in [0.29, 0.717) is 14.2 Å². The van der Waals surface area contributed by atoms with E-state index >= 15 is 0 Å². The molecule has 0 spiro atoms. The van der Waals surface area contributed by atoms with Crippen LogP contribution in [0.5, 0.6) is 5.75 Å². The molecule has 0 atom stereocenters. The minimum absolute atomic E-state index is 0.0333. The number of carbonyl (C=O) groups excluding carboxylic acids is 2. The van der Waals surface area contributed by atoms with E-state index in [1.54, 1.807) is 12.2 Å². The van der Waals surface area contributed by atoms with Crippen LogP contribution in [0.1, 0.15) is 12.0 Å². The number of aromatic hydroxyl groups is 1. The number of carbonyl (C=O) groups is 2. The second-order valence-electron chi connectivity index (χ2n) is 6.09. The van der Waals surface area contributed by atoms with Gasteiger partial charge in [-0.1, -0.05) is 78.1 Å². The average Bonchev–Trinajstić information content (AvgIpc) is 2.97. The molecule has 1 fully saturated rings. The summed E-state index contributed by atoms with van der Waals surface area (Å²) in [6.07, 6.45) is 5.45. The highest BCUT2D eigenvalue weighted by atomic mass is 35.5. The smallest absolute Gasteiger partial charge is 0.266 e. The van der Waals surface area contributed by atoms with Gasteiger partial charge in [-0.3, -0.25) is 14.5 Å². The van der Waals surface area contributed by atoms with Crippen molar-refractivity contribution in [3.05, 3.63) is 76.2 Å². The summed E-state index contributed by atoms with van der Waals surface area (Å²) < 4.78 is 0.410. The van der Waals surface area contributed by atoms with Crippen molar-refractivity contribution in [3.8, 4) is 5.75 Å². The lowest BCUT2D eigenvalue weighted by Crippen LogP contribution is -2.31. The molecule has 148 valence electrons. The molecule has 0 saturated carbocycles. The van der Waals surface area contributed by atoms with Gasteiger partial charge in [-0.2, -0.15) is 0 Å². The Kier molecular flexibility index (Phi) is 7.09. The quantitative estimate of drug-likeness (QED) is 0.379. The van der Waals surface area contributed by atoms with Gasteiger partial charge in [0.1, 0.15) is 10.1 Å². The number of anilines is 1. The van der Waals surface area contributed by atoms with Crippen molar-refractivity contribution in [2.24, 2.45) is 0 Å². The summed E-state index contributed by atoms with van der Waals surface area (Å²) >= 11 is 12.3. The van der Waals surface area contributed by atoms with Crippen LogP contribution in [0, 0.1) is 0 Å². The van der Waals surface area contributed by atoms with Crippen molar-refractivity contribution < 1.29 is 14.7 Å². The third-order valence-electron chi connectivity index (χ3n) is 4.00. The topological polar surface area (TPSA) is 69.6 Å². The van der Waals surface area contributed by atoms with E-state index in [4.69, 9.17) is 23.8 Å². The number of hydrogen-bond acceptors (Lipinski definition) is 5. The molecule has 2 N–H and O–H groups in total. The highest BCUT2D eigenvalue weighted by molar-refractivity contribution is 8.26. The Hall–Kier alpha value is -2.61. The van der Waals surface area contributed by atoms with Crippen LogP contribution in [0.2, 0.25) is 5.02 Å². The molecule has 1 aliphatic rings. The zero-order valence-corrected chi connectivity index (χ0v) is 17.6. The number of thiocarbonyl (C=S) groups is 1. The Bertz CT molecular complexity index is 1010. The second kappa shape index (κ2) is 9.73. The zero-order valence-electron chi connectivity index (χ0n) is 15.2. The molecular weight excluding hydrogens is 428 g/mol. The number of rotatable bonds is 6. The van der Waals surface area contributed by atoms with E-state index in [2.05, 4.69) is 5.32 Å². The number of thioether (sulfide) groups is 1. The molecule has 29 heavy (non-hydrogen) atoms. The monoisotopic (exact) mass is 444 g/mol. The minimum Gasteiger partial charge on any atom is -0.506 e. The molecule has 2 aromatic rings. The van der Waals surface area contributed by atoms with Gasteiger partial charge in [-0.15, -0.1) is 0 Å². The molecule has 3 rings (SSSR count). The van der Waals surface area contributed by atoms with Crippen LogP contribution in [0.15, 0.2) is 65.6 Å². The van der Waals surface area contributed by atoms with Crippen molar-refractivity contribution in [2.45, 2.75) is 6.42 Å². The molecule has 2 aromatic carbocycles. The molecule has 1 heterocycles. The molecular formula is C21H17ClN2O3S2. The molecule has 0 unspecified atom stereocenters. The van der Waals surface area contributed by atoms with Crippen molar-refractivity contribution in [1.29, 1.82) is 0 Å². The van der Waals surface area contributed by atoms with Crippen LogP contribution < -0.4 is 5.32 Å². The maximum atomic E-state index is 12.6. The third-order valence-corrected chi connectivity index (χ3v) is 5.64. The van der Waals surface area contributed by atoms with Gasteiger partial charge in [0.25, 0.3) is 5.91 Å². The Morgan fingerprint density at radius 3 is 2.76 bits per heavy atom. The fourth-order valence-corrected chi connectivity index (χ4v) is 3.98. The molecule has 0 bridgehead atoms.